The molecule has 0 radical (unpaired) electrons. The van der Waals surface area contributed by atoms with Crippen molar-refractivity contribution in [1.82, 2.24) is 15.1 Å². The first-order chi connectivity index (χ1) is 15.4. The number of carboxylic acids is 1. The molecular formula is C24H24FN3O4. The van der Waals surface area contributed by atoms with E-state index in [1.807, 2.05) is 19.1 Å². The van der Waals surface area contributed by atoms with Crippen LogP contribution in [0.2, 0.25) is 0 Å². The summed E-state index contributed by atoms with van der Waals surface area (Å²) in [5.74, 6) is -1.39. The molecule has 1 amide bonds. The van der Waals surface area contributed by atoms with E-state index in [0.29, 0.717) is 18.1 Å². The molecule has 4 rings (SSSR count). The topological polar surface area (TPSA) is 93.5 Å². The van der Waals surface area contributed by atoms with Crippen molar-refractivity contribution >= 4 is 11.9 Å². The number of benzene rings is 2. The molecule has 2 N–H and O–H groups in total. The number of para-hydroxylation sites is 1. The van der Waals surface area contributed by atoms with Gasteiger partial charge in [0.2, 0.25) is 5.88 Å². The molecule has 8 heteroatoms. The van der Waals surface area contributed by atoms with E-state index in [1.54, 1.807) is 30.3 Å². The van der Waals surface area contributed by atoms with E-state index in [0.717, 1.165) is 18.4 Å². The van der Waals surface area contributed by atoms with Crippen LogP contribution in [0.5, 0.6) is 5.88 Å². The minimum Gasteiger partial charge on any atom is -0.481 e. The first-order valence-corrected chi connectivity index (χ1v) is 10.5. The lowest BCUT2D eigenvalue weighted by Crippen LogP contribution is -2.30. The van der Waals surface area contributed by atoms with Crippen LogP contribution in [0.4, 0.5) is 4.39 Å². The average Bonchev–Trinajstić information content (AvgIpc) is 3.50. The van der Waals surface area contributed by atoms with E-state index < -0.39 is 23.7 Å². The Morgan fingerprint density at radius 3 is 2.59 bits per heavy atom. The summed E-state index contributed by atoms with van der Waals surface area (Å²) in [4.78, 5) is 24.4. The minimum atomic E-state index is -1.04. The monoisotopic (exact) mass is 437 g/mol. The highest BCUT2D eigenvalue weighted by molar-refractivity contribution is 5.93. The number of aromatic nitrogens is 2. The molecule has 1 fully saturated rings. The Morgan fingerprint density at radius 2 is 1.94 bits per heavy atom. The van der Waals surface area contributed by atoms with Gasteiger partial charge in [0.25, 0.3) is 5.91 Å². The highest BCUT2D eigenvalue weighted by Gasteiger charge is 2.26. The van der Waals surface area contributed by atoms with Crippen LogP contribution >= 0.6 is 0 Å². The zero-order chi connectivity index (χ0) is 22.7. The first kappa shape index (κ1) is 21.5. The van der Waals surface area contributed by atoms with Gasteiger partial charge in [-0.25, -0.2) is 4.39 Å². The summed E-state index contributed by atoms with van der Waals surface area (Å²) in [6, 6.07) is 14.1. The molecule has 1 aromatic heterocycles. The number of halogens is 1. The number of hydrogen-bond donors (Lipinski definition) is 2. The van der Waals surface area contributed by atoms with Gasteiger partial charge in [0.15, 0.2) is 5.69 Å². The van der Waals surface area contributed by atoms with Crippen LogP contribution in [0.15, 0.2) is 54.6 Å². The van der Waals surface area contributed by atoms with Gasteiger partial charge in [-0.05, 0) is 43.4 Å². The number of carbonyl (C=O) groups excluding carboxylic acids is 1. The molecule has 166 valence electrons. The Hall–Kier alpha value is -3.68. The molecule has 2 aromatic carbocycles. The summed E-state index contributed by atoms with van der Waals surface area (Å²) in [6.07, 6.45) is 1.87. The SMILES string of the molecule is Cc1ccc([C@H](CC(=O)O)NC(=O)c2cc(OCC3CC3)n(-c3ccccc3F)n2)cc1. The lowest BCUT2D eigenvalue weighted by atomic mass is 10.0. The third kappa shape index (κ3) is 5.14. The summed E-state index contributed by atoms with van der Waals surface area (Å²) in [6.45, 7) is 2.39. The molecule has 1 atom stereocenters. The van der Waals surface area contributed by atoms with Gasteiger partial charge in [-0.1, -0.05) is 42.0 Å². The van der Waals surface area contributed by atoms with Crippen LogP contribution in [-0.4, -0.2) is 33.4 Å². The Bertz CT molecular complexity index is 1120. The highest BCUT2D eigenvalue weighted by Crippen LogP contribution is 2.31. The standard InChI is InChI=1S/C24H24FN3O4/c1-15-6-10-17(11-7-15)19(13-23(29)30)26-24(31)20-12-22(32-14-16-8-9-16)28(27-20)21-5-3-2-4-18(21)25/h2-7,10-12,16,19H,8-9,13-14H2,1H3,(H,26,31)(H,29,30)/t19-/m0/s1. The molecule has 1 saturated carbocycles. The number of nitrogens with one attached hydrogen (secondary N) is 1. The van der Waals surface area contributed by atoms with Crippen LogP contribution in [0.3, 0.4) is 0 Å². The summed E-state index contributed by atoms with van der Waals surface area (Å²) in [5.41, 5.74) is 1.87. The van der Waals surface area contributed by atoms with Gasteiger partial charge in [0, 0.05) is 6.07 Å². The molecular weight excluding hydrogens is 413 g/mol. The summed E-state index contributed by atoms with van der Waals surface area (Å²) >= 11 is 0. The average molecular weight is 437 g/mol. The Morgan fingerprint density at radius 1 is 1.22 bits per heavy atom. The van der Waals surface area contributed by atoms with Crippen molar-refractivity contribution in [3.63, 3.8) is 0 Å². The molecule has 1 aliphatic carbocycles. The number of ether oxygens (including phenoxy) is 1. The van der Waals surface area contributed by atoms with Crippen molar-refractivity contribution < 1.29 is 23.8 Å². The van der Waals surface area contributed by atoms with Crippen LogP contribution in [-0.2, 0) is 4.79 Å². The second-order valence-electron chi connectivity index (χ2n) is 8.02. The van der Waals surface area contributed by atoms with Gasteiger partial charge in [-0.3, -0.25) is 9.59 Å². The van der Waals surface area contributed by atoms with E-state index in [2.05, 4.69) is 10.4 Å². The normalized spacial score (nSPS) is 14.1. The smallest absolute Gasteiger partial charge is 0.305 e. The molecule has 7 nitrogen and oxygen atoms in total. The number of nitrogens with zero attached hydrogens (tertiary/aromatic N) is 2. The molecule has 0 aliphatic heterocycles. The predicted octanol–water partition coefficient (Wildman–Crippen LogP) is 4.05. The van der Waals surface area contributed by atoms with Crippen LogP contribution in [0, 0.1) is 18.7 Å². The van der Waals surface area contributed by atoms with Crippen LogP contribution in [0.25, 0.3) is 5.69 Å². The fourth-order valence-corrected chi connectivity index (χ4v) is 3.32. The zero-order valence-electron chi connectivity index (χ0n) is 17.6. The Labute approximate surface area is 184 Å². The van der Waals surface area contributed by atoms with Crippen molar-refractivity contribution in [2.75, 3.05) is 6.61 Å². The second-order valence-corrected chi connectivity index (χ2v) is 8.02. The largest absolute Gasteiger partial charge is 0.481 e. The Kier molecular flexibility index (Phi) is 6.20. The fourth-order valence-electron chi connectivity index (χ4n) is 3.32. The summed E-state index contributed by atoms with van der Waals surface area (Å²) < 4.78 is 21.5. The van der Waals surface area contributed by atoms with E-state index in [4.69, 9.17) is 4.74 Å². The molecule has 0 saturated heterocycles. The van der Waals surface area contributed by atoms with Gasteiger partial charge < -0.3 is 15.2 Å². The molecule has 32 heavy (non-hydrogen) atoms. The first-order valence-electron chi connectivity index (χ1n) is 10.5. The third-order valence-corrected chi connectivity index (χ3v) is 5.32. The number of rotatable bonds is 9. The summed E-state index contributed by atoms with van der Waals surface area (Å²) in [5, 5.41) is 16.3. The maximum absolute atomic E-state index is 14.4. The molecule has 1 heterocycles. The van der Waals surface area contributed by atoms with E-state index >= 15 is 0 Å². The maximum atomic E-state index is 14.4. The van der Waals surface area contributed by atoms with Crippen molar-refractivity contribution in [2.24, 2.45) is 5.92 Å². The van der Waals surface area contributed by atoms with Gasteiger partial charge in [0.1, 0.15) is 11.5 Å². The van der Waals surface area contributed by atoms with Gasteiger partial charge in [0.05, 0.1) is 19.1 Å². The number of aryl methyl sites for hydroxylation is 1. The highest BCUT2D eigenvalue weighted by atomic mass is 19.1. The second kappa shape index (κ2) is 9.21. The van der Waals surface area contributed by atoms with Crippen LogP contribution < -0.4 is 10.1 Å². The maximum Gasteiger partial charge on any atom is 0.305 e. The quantitative estimate of drug-likeness (QED) is 0.527. The number of carboxylic acid groups (broad SMARTS) is 1. The number of carbonyl (C=O) groups is 2. The van der Waals surface area contributed by atoms with Gasteiger partial charge in [-0.2, -0.15) is 9.78 Å². The number of aliphatic carboxylic acids is 1. The van der Waals surface area contributed by atoms with Gasteiger partial charge in [-0.15, -0.1) is 0 Å². The van der Waals surface area contributed by atoms with Crippen molar-refractivity contribution in [2.45, 2.75) is 32.2 Å². The van der Waals surface area contributed by atoms with Crippen molar-refractivity contribution in [3.05, 3.63) is 77.2 Å². The minimum absolute atomic E-state index is 0.0153. The van der Waals surface area contributed by atoms with E-state index in [1.165, 1.54) is 16.8 Å². The van der Waals surface area contributed by atoms with E-state index in [9.17, 15) is 19.1 Å². The van der Waals surface area contributed by atoms with Crippen molar-refractivity contribution in [1.29, 1.82) is 0 Å². The molecule has 3 aromatic rings. The number of amides is 1. The molecule has 0 bridgehead atoms. The van der Waals surface area contributed by atoms with Gasteiger partial charge >= 0.3 is 5.97 Å². The fraction of sp³-hybridized carbons (Fsp3) is 0.292. The lowest BCUT2D eigenvalue weighted by Gasteiger charge is -2.17. The van der Waals surface area contributed by atoms with Crippen LogP contribution in [0.1, 0.15) is 46.9 Å². The summed E-state index contributed by atoms with van der Waals surface area (Å²) in [7, 11) is 0. The molecule has 1 aliphatic rings. The zero-order valence-corrected chi connectivity index (χ0v) is 17.6. The van der Waals surface area contributed by atoms with Crippen molar-refractivity contribution in [3.8, 4) is 11.6 Å². The molecule has 0 unspecified atom stereocenters. The third-order valence-electron chi connectivity index (χ3n) is 5.32. The van der Waals surface area contributed by atoms with E-state index in [-0.39, 0.29) is 23.7 Å². The predicted molar refractivity (Wildman–Crippen MR) is 115 cm³/mol. The molecule has 0 spiro atoms. The lowest BCUT2D eigenvalue weighted by molar-refractivity contribution is -0.137. The number of hydrogen-bond acceptors (Lipinski definition) is 4. The Balaban J connectivity index is 1.61.